The average molecular weight is 296 g/mol. The van der Waals surface area contributed by atoms with E-state index in [1.807, 2.05) is 6.92 Å². The van der Waals surface area contributed by atoms with Crippen molar-refractivity contribution in [3.63, 3.8) is 0 Å². The number of nitrogens with one attached hydrogen (secondary N) is 2. The number of nitrogens with two attached hydrogens (primary N) is 2. The van der Waals surface area contributed by atoms with E-state index in [9.17, 15) is 8.42 Å². The van der Waals surface area contributed by atoms with Crippen LogP contribution in [0.4, 0.5) is 11.4 Å². The second-order valence-corrected chi connectivity index (χ2v) is 6.00. The van der Waals surface area contributed by atoms with Crippen LogP contribution >= 0.6 is 0 Å². The van der Waals surface area contributed by atoms with Gasteiger partial charge in [-0.25, -0.2) is 18.5 Å². The van der Waals surface area contributed by atoms with Crippen LogP contribution in [0.5, 0.6) is 0 Å². The molecular weight excluding hydrogens is 280 g/mol. The minimum absolute atomic E-state index is 0.00442. The van der Waals surface area contributed by atoms with Crippen LogP contribution in [0.25, 0.3) is 0 Å². The molecule has 2 aromatic rings. The van der Waals surface area contributed by atoms with Gasteiger partial charge in [0.2, 0.25) is 10.0 Å². The second-order valence-electron chi connectivity index (χ2n) is 4.47. The Morgan fingerprint density at radius 3 is 2.65 bits per heavy atom. The summed E-state index contributed by atoms with van der Waals surface area (Å²) in [5, 5.41) is 14.8. The van der Waals surface area contributed by atoms with Crippen molar-refractivity contribution in [3.05, 3.63) is 29.8 Å². The van der Waals surface area contributed by atoms with Gasteiger partial charge in [0.15, 0.2) is 0 Å². The maximum Gasteiger partial charge on any atom is 0.238 e. The smallest absolute Gasteiger partial charge is 0.238 e. The molecule has 0 saturated carbocycles. The second kappa shape index (κ2) is 5.10. The van der Waals surface area contributed by atoms with Crippen molar-refractivity contribution >= 4 is 21.4 Å². The Kier molecular flexibility index (Phi) is 3.64. The zero-order valence-electron chi connectivity index (χ0n) is 11.1. The van der Waals surface area contributed by atoms with Crippen molar-refractivity contribution < 1.29 is 8.42 Å². The molecule has 0 aliphatic carbocycles. The summed E-state index contributed by atoms with van der Waals surface area (Å²) in [4.78, 5) is 4.04. The summed E-state index contributed by atoms with van der Waals surface area (Å²) in [5.41, 5.74) is 7.12. The highest BCUT2D eigenvalue weighted by Crippen LogP contribution is 2.28. The average Bonchev–Trinajstić information content (AvgIpc) is 2.85. The van der Waals surface area contributed by atoms with E-state index in [0.29, 0.717) is 22.8 Å². The van der Waals surface area contributed by atoms with Crippen LogP contribution in [-0.2, 0) is 10.0 Å². The largest absolute Gasteiger partial charge is 0.399 e. The zero-order valence-corrected chi connectivity index (χ0v) is 11.9. The fourth-order valence-corrected chi connectivity index (χ4v) is 2.72. The topological polar surface area (TPSA) is 140 Å². The molecule has 1 aromatic heterocycles. The van der Waals surface area contributed by atoms with E-state index in [4.69, 9.17) is 10.9 Å². The molecule has 20 heavy (non-hydrogen) atoms. The lowest BCUT2D eigenvalue weighted by molar-refractivity contribution is 0.597. The molecular formula is C11H16N6O2S. The van der Waals surface area contributed by atoms with E-state index in [1.165, 1.54) is 12.4 Å². The SMILES string of the molecule is Cc1c(NC(C)c2ncn[nH]2)cc(N)cc1S(N)(=O)=O. The zero-order chi connectivity index (χ0) is 14.9. The number of nitrogen functional groups attached to an aromatic ring is 1. The summed E-state index contributed by atoms with van der Waals surface area (Å²) in [7, 11) is -3.82. The number of sulfonamides is 1. The van der Waals surface area contributed by atoms with Gasteiger partial charge in [-0.05, 0) is 31.5 Å². The van der Waals surface area contributed by atoms with Crippen molar-refractivity contribution in [3.8, 4) is 0 Å². The first-order chi connectivity index (χ1) is 9.29. The van der Waals surface area contributed by atoms with Gasteiger partial charge in [0.05, 0.1) is 10.9 Å². The summed E-state index contributed by atoms with van der Waals surface area (Å²) in [5.74, 6) is 0.629. The molecule has 1 atom stereocenters. The third-order valence-electron chi connectivity index (χ3n) is 2.90. The summed E-state index contributed by atoms with van der Waals surface area (Å²) in [6.07, 6.45) is 1.40. The lowest BCUT2D eigenvalue weighted by atomic mass is 10.1. The summed E-state index contributed by atoms with van der Waals surface area (Å²) in [6.45, 7) is 3.52. The van der Waals surface area contributed by atoms with E-state index in [-0.39, 0.29) is 10.9 Å². The molecule has 2 rings (SSSR count). The number of H-pyrrole nitrogens is 1. The molecule has 1 heterocycles. The molecule has 1 aromatic carbocycles. The van der Waals surface area contributed by atoms with Gasteiger partial charge in [-0.2, -0.15) is 5.10 Å². The van der Waals surface area contributed by atoms with Crippen LogP contribution in [0.2, 0.25) is 0 Å². The van der Waals surface area contributed by atoms with Gasteiger partial charge in [0.25, 0.3) is 0 Å². The van der Waals surface area contributed by atoms with E-state index in [0.717, 1.165) is 0 Å². The summed E-state index contributed by atoms with van der Waals surface area (Å²) in [6, 6.07) is 2.80. The first kappa shape index (κ1) is 14.3. The highest BCUT2D eigenvalue weighted by molar-refractivity contribution is 7.89. The Bertz CT molecular complexity index is 711. The minimum Gasteiger partial charge on any atom is -0.399 e. The van der Waals surface area contributed by atoms with E-state index in [2.05, 4.69) is 20.5 Å². The minimum atomic E-state index is -3.82. The van der Waals surface area contributed by atoms with Gasteiger partial charge < -0.3 is 11.1 Å². The fourth-order valence-electron chi connectivity index (χ4n) is 1.88. The van der Waals surface area contributed by atoms with Crippen LogP contribution < -0.4 is 16.2 Å². The molecule has 0 radical (unpaired) electrons. The molecule has 0 spiro atoms. The number of aromatic nitrogens is 3. The van der Waals surface area contributed by atoms with Gasteiger partial charge in [-0.1, -0.05) is 0 Å². The van der Waals surface area contributed by atoms with Crippen molar-refractivity contribution in [1.82, 2.24) is 15.2 Å². The van der Waals surface area contributed by atoms with Crippen LogP contribution in [0.1, 0.15) is 24.4 Å². The normalized spacial score (nSPS) is 13.2. The molecule has 9 heteroatoms. The highest BCUT2D eigenvalue weighted by Gasteiger charge is 2.17. The Hall–Kier alpha value is -2.13. The number of rotatable bonds is 4. The maximum atomic E-state index is 11.5. The van der Waals surface area contributed by atoms with Crippen molar-refractivity contribution in [2.45, 2.75) is 24.8 Å². The molecule has 8 nitrogen and oxygen atoms in total. The lowest BCUT2D eigenvalue weighted by Crippen LogP contribution is -2.16. The number of nitrogens with zero attached hydrogens (tertiary/aromatic N) is 2. The summed E-state index contributed by atoms with van der Waals surface area (Å²) >= 11 is 0. The predicted octanol–water partition coefficient (Wildman–Crippen LogP) is 0.516. The van der Waals surface area contributed by atoms with Crippen molar-refractivity contribution in [1.29, 1.82) is 0 Å². The molecule has 108 valence electrons. The number of aromatic amines is 1. The first-order valence-electron chi connectivity index (χ1n) is 5.83. The van der Waals surface area contributed by atoms with Crippen molar-refractivity contribution in [2.75, 3.05) is 11.1 Å². The molecule has 0 fully saturated rings. The summed E-state index contributed by atoms with van der Waals surface area (Å²) < 4.78 is 23.1. The lowest BCUT2D eigenvalue weighted by Gasteiger charge is -2.17. The van der Waals surface area contributed by atoms with Crippen LogP contribution in [0, 0.1) is 6.92 Å². The number of hydrogen-bond donors (Lipinski definition) is 4. The molecule has 0 aliphatic heterocycles. The number of primary sulfonamides is 1. The standard InChI is InChI=1S/C11H16N6O2S/c1-6-9(16-7(2)11-14-5-15-17-11)3-8(12)4-10(6)20(13,18)19/h3-5,7,16H,12H2,1-2H3,(H2,13,18,19)(H,14,15,17). The van der Waals surface area contributed by atoms with Gasteiger partial charge in [0.1, 0.15) is 12.2 Å². The molecule has 0 bridgehead atoms. The monoisotopic (exact) mass is 296 g/mol. The Morgan fingerprint density at radius 1 is 1.40 bits per heavy atom. The van der Waals surface area contributed by atoms with Crippen LogP contribution in [0.3, 0.4) is 0 Å². The molecule has 0 amide bonds. The molecule has 6 N–H and O–H groups in total. The maximum absolute atomic E-state index is 11.5. The first-order valence-corrected chi connectivity index (χ1v) is 7.38. The predicted molar refractivity (Wildman–Crippen MR) is 75.4 cm³/mol. The van der Waals surface area contributed by atoms with E-state index < -0.39 is 10.0 Å². The fraction of sp³-hybridized carbons (Fsp3) is 0.273. The van der Waals surface area contributed by atoms with E-state index in [1.54, 1.807) is 13.0 Å². The number of hydrogen-bond acceptors (Lipinski definition) is 6. The van der Waals surface area contributed by atoms with Gasteiger partial charge in [-0.15, -0.1) is 0 Å². The molecule has 1 unspecified atom stereocenters. The third kappa shape index (κ3) is 2.89. The van der Waals surface area contributed by atoms with Gasteiger partial charge in [0, 0.05) is 11.4 Å². The Balaban J connectivity index is 2.40. The highest BCUT2D eigenvalue weighted by atomic mass is 32.2. The van der Waals surface area contributed by atoms with E-state index >= 15 is 0 Å². The van der Waals surface area contributed by atoms with Crippen molar-refractivity contribution in [2.24, 2.45) is 5.14 Å². The van der Waals surface area contributed by atoms with Gasteiger partial charge in [-0.3, -0.25) is 5.10 Å². The Labute approximate surface area is 116 Å². The molecule has 0 saturated heterocycles. The Morgan fingerprint density at radius 2 is 2.10 bits per heavy atom. The quantitative estimate of drug-likeness (QED) is 0.606. The van der Waals surface area contributed by atoms with Gasteiger partial charge >= 0.3 is 0 Å². The molecule has 0 aliphatic rings. The van der Waals surface area contributed by atoms with Crippen LogP contribution in [-0.4, -0.2) is 23.6 Å². The third-order valence-corrected chi connectivity index (χ3v) is 3.94. The van der Waals surface area contributed by atoms with Crippen LogP contribution in [0.15, 0.2) is 23.4 Å². The number of anilines is 2. The number of benzene rings is 1.